The molecular weight excluding hydrogens is 580 g/mol. The summed E-state index contributed by atoms with van der Waals surface area (Å²) in [5.74, 6) is -0.856. The minimum atomic E-state index is -1.09. The van der Waals surface area contributed by atoms with Gasteiger partial charge < -0.3 is 19.5 Å². The van der Waals surface area contributed by atoms with Crippen LogP contribution in [0.2, 0.25) is 0 Å². The molecule has 5 rings (SSSR count). The third-order valence-electron chi connectivity index (χ3n) is 10.2. The predicted octanol–water partition coefficient (Wildman–Crippen LogP) is 9.52. The van der Waals surface area contributed by atoms with Gasteiger partial charge >= 0.3 is 5.97 Å². The topological polar surface area (TPSA) is 103 Å². The maximum Gasteiger partial charge on any atom is 0.303 e. The summed E-state index contributed by atoms with van der Waals surface area (Å²) in [5, 5.41) is 20.2. The number of carboxylic acids is 1. The van der Waals surface area contributed by atoms with Crippen molar-refractivity contribution < 1.29 is 29.5 Å². The van der Waals surface area contributed by atoms with E-state index in [4.69, 9.17) is 24.6 Å². The van der Waals surface area contributed by atoms with Gasteiger partial charge in [-0.05, 0) is 37.1 Å². The van der Waals surface area contributed by atoms with Gasteiger partial charge in [0.15, 0.2) is 5.60 Å². The number of aryl methyl sites for hydroxylation is 1. The molecule has 0 bridgehead atoms. The molecule has 0 spiro atoms. The number of hydrogen-bond donors (Lipinski definition) is 2. The Kier molecular flexibility index (Phi) is 10.5. The summed E-state index contributed by atoms with van der Waals surface area (Å²) in [6.45, 7) is 12.1. The Bertz CT molecular complexity index is 1490. The Labute approximate surface area is 274 Å². The van der Waals surface area contributed by atoms with Gasteiger partial charge in [0.2, 0.25) is 0 Å². The average molecular weight is 635 g/mol. The third-order valence-corrected chi connectivity index (χ3v) is 10.2. The minimum Gasteiger partial charge on any atom is -0.507 e. The number of benzene rings is 2. The number of fused-ring (bicyclic) bond motifs is 2. The average Bonchev–Trinajstić information content (AvgIpc) is 3.41. The number of nitrogens with zero attached hydrogens (tertiary/aromatic N) is 2. The van der Waals surface area contributed by atoms with Gasteiger partial charge in [-0.15, -0.1) is 0 Å². The van der Waals surface area contributed by atoms with Crippen molar-refractivity contribution in [2.75, 3.05) is 6.61 Å². The van der Waals surface area contributed by atoms with Crippen LogP contribution < -0.4 is 0 Å². The fraction of sp³-hybridized carbons (Fsp3) is 0.632. The number of carbonyl (C=O) groups is 1. The quantitative estimate of drug-likeness (QED) is 0.113. The molecule has 2 unspecified atom stereocenters. The lowest BCUT2D eigenvalue weighted by Gasteiger charge is -2.61. The smallest absolute Gasteiger partial charge is 0.303 e. The fourth-order valence-corrected chi connectivity index (χ4v) is 7.98. The molecule has 8 nitrogen and oxygen atoms in total. The molecule has 1 aromatic heterocycles. The van der Waals surface area contributed by atoms with E-state index in [1.807, 2.05) is 30.3 Å². The maximum atomic E-state index is 11.5. The Morgan fingerprint density at radius 2 is 1.48 bits per heavy atom. The lowest BCUT2D eigenvalue weighted by Crippen LogP contribution is -2.73. The number of phenols is 1. The van der Waals surface area contributed by atoms with Crippen molar-refractivity contribution >= 4 is 17.0 Å². The van der Waals surface area contributed by atoms with E-state index in [0.717, 1.165) is 61.1 Å². The van der Waals surface area contributed by atoms with Crippen molar-refractivity contribution in [3.8, 4) is 17.1 Å². The van der Waals surface area contributed by atoms with Crippen LogP contribution in [0.15, 0.2) is 42.5 Å². The lowest BCUT2D eigenvalue weighted by atomic mass is 9.57. The van der Waals surface area contributed by atoms with Crippen LogP contribution in [-0.4, -0.2) is 37.9 Å². The molecule has 2 aliphatic heterocycles. The van der Waals surface area contributed by atoms with E-state index in [-0.39, 0.29) is 16.6 Å². The number of hydrogen-bond acceptors (Lipinski definition) is 6. The van der Waals surface area contributed by atoms with E-state index in [1.54, 1.807) is 6.07 Å². The molecule has 0 radical (unpaired) electrons. The fourth-order valence-electron chi connectivity index (χ4n) is 7.98. The third kappa shape index (κ3) is 6.45. The van der Waals surface area contributed by atoms with Crippen LogP contribution >= 0.6 is 0 Å². The van der Waals surface area contributed by atoms with E-state index < -0.39 is 17.4 Å². The number of rotatable bonds is 17. The first-order valence-electron chi connectivity index (χ1n) is 17.5. The highest BCUT2D eigenvalue weighted by atomic mass is 17.3. The summed E-state index contributed by atoms with van der Waals surface area (Å²) in [6, 6.07) is 13.9. The first-order valence-corrected chi connectivity index (χ1v) is 17.5. The van der Waals surface area contributed by atoms with Crippen molar-refractivity contribution in [3.05, 3.63) is 48.0 Å². The van der Waals surface area contributed by atoms with E-state index >= 15 is 0 Å². The summed E-state index contributed by atoms with van der Waals surface area (Å²) < 4.78 is 8.63. The van der Waals surface area contributed by atoms with Gasteiger partial charge in [0.25, 0.3) is 5.79 Å². The molecule has 2 N–H and O–H groups in total. The normalized spacial score (nSPS) is 22.2. The molecule has 252 valence electrons. The SMILES string of the molecule is CC(C)(C)C12OOC1(c1ccc(-c3nc4ccccc4n3CCCCCCCCCCCCCCC(=O)O)c(O)c1)OCC2(C)C. The second kappa shape index (κ2) is 14.0. The molecule has 2 fully saturated rings. The largest absolute Gasteiger partial charge is 0.507 e. The number of para-hydroxylation sites is 2. The van der Waals surface area contributed by atoms with E-state index in [0.29, 0.717) is 18.6 Å². The van der Waals surface area contributed by atoms with Crippen LogP contribution in [0.5, 0.6) is 5.75 Å². The van der Waals surface area contributed by atoms with Gasteiger partial charge in [0.05, 0.1) is 23.2 Å². The highest BCUT2D eigenvalue weighted by molar-refractivity contribution is 5.82. The molecule has 3 aromatic rings. The molecule has 3 heterocycles. The lowest BCUT2D eigenvalue weighted by molar-refractivity contribution is -0.626. The van der Waals surface area contributed by atoms with E-state index in [1.165, 1.54) is 44.9 Å². The maximum absolute atomic E-state index is 11.5. The number of aliphatic carboxylic acids is 1. The van der Waals surface area contributed by atoms with E-state index in [9.17, 15) is 9.90 Å². The second-order valence-electron chi connectivity index (χ2n) is 15.1. The Balaban J connectivity index is 1.18. The number of imidazole rings is 1. The summed E-state index contributed by atoms with van der Waals surface area (Å²) >= 11 is 0. The van der Waals surface area contributed by atoms with Gasteiger partial charge in [-0.1, -0.05) is 117 Å². The van der Waals surface area contributed by atoms with Crippen molar-refractivity contribution in [1.82, 2.24) is 9.55 Å². The highest BCUT2D eigenvalue weighted by Gasteiger charge is 2.81. The monoisotopic (exact) mass is 634 g/mol. The first kappa shape index (κ1) is 34.4. The summed E-state index contributed by atoms with van der Waals surface area (Å²) in [6.07, 6.45) is 14.2. The number of unbranched alkanes of at least 4 members (excludes halogenated alkanes) is 11. The summed E-state index contributed by atoms with van der Waals surface area (Å²) in [5.41, 5.74) is 2.15. The van der Waals surface area contributed by atoms with E-state index in [2.05, 4.69) is 45.3 Å². The zero-order chi connectivity index (χ0) is 33.0. The highest BCUT2D eigenvalue weighted by Crippen LogP contribution is 2.69. The molecule has 2 saturated heterocycles. The zero-order valence-corrected chi connectivity index (χ0v) is 28.6. The molecule has 2 atom stereocenters. The van der Waals surface area contributed by atoms with Crippen molar-refractivity contribution in [1.29, 1.82) is 0 Å². The van der Waals surface area contributed by atoms with Crippen molar-refractivity contribution in [3.63, 3.8) is 0 Å². The van der Waals surface area contributed by atoms with Crippen LogP contribution in [-0.2, 0) is 31.6 Å². The number of aromatic nitrogens is 2. The molecule has 0 aliphatic carbocycles. The van der Waals surface area contributed by atoms with Crippen molar-refractivity contribution in [2.24, 2.45) is 10.8 Å². The van der Waals surface area contributed by atoms with Gasteiger partial charge in [-0.25, -0.2) is 9.87 Å². The number of ether oxygens (including phenoxy) is 1. The molecule has 0 amide bonds. The van der Waals surface area contributed by atoms with Crippen LogP contribution in [0.3, 0.4) is 0 Å². The summed E-state index contributed by atoms with van der Waals surface area (Å²) in [4.78, 5) is 27.4. The van der Waals surface area contributed by atoms with Crippen LogP contribution in [0.1, 0.15) is 124 Å². The molecule has 2 aliphatic rings. The molecule has 2 aromatic carbocycles. The van der Waals surface area contributed by atoms with Crippen LogP contribution in [0, 0.1) is 10.8 Å². The summed E-state index contributed by atoms with van der Waals surface area (Å²) in [7, 11) is 0. The molecule has 46 heavy (non-hydrogen) atoms. The number of phenolic OH excluding ortho intramolecular Hbond substituents is 1. The second-order valence-corrected chi connectivity index (χ2v) is 15.1. The first-order chi connectivity index (χ1) is 21.9. The Hall–Kier alpha value is -2.94. The molecule has 8 heteroatoms. The van der Waals surface area contributed by atoms with Gasteiger partial charge in [-0.2, -0.15) is 4.89 Å². The zero-order valence-electron chi connectivity index (χ0n) is 28.6. The van der Waals surface area contributed by atoms with Crippen molar-refractivity contribution in [2.45, 2.75) is 136 Å². The van der Waals surface area contributed by atoms with Gasteiger partial charge in [0.1, 0.15) is 11.6 Å². The Morgan fingerprint density at radius 3 is 2.04 bits per heavy atom. The minimum absolute atomic E-state index is 0.148. The predicted molar refractivity (Wildman–Crippen MR) is 180 cm³/mol. The number of carboxylic acid groups (broad SMARTS) is 1. The Morgan fingerprint density at radius 1 is 0.870 bits per heavy atom. The molecular formula is C38H54N2O6. The van der Waals surface area contributed by atoms with Crippen LogP contribution in [0.25, 0.3) is 22.4 Å². The molecule has 0 saturated carbocycles. The van der Waals surface area contributed by atoms with Crippen LogP contribution in [0.4, 0.5) is 0 Å². The standard InChI is InChI=1S/C38H54N2O6/c1-35(2,3)38-36(4,5)27-44-37(38,45-46-38)28-23-24-29(32(41)26-28)34-39-30-20-17-18-21-31(30)40(34)25-19-15-13-11-9-7-6-8-10-12-14-16-22-33(42)43/h17-18,20-21,23-24,26,41H,6-16,19,22,25,27H2,1-5H3,(H,42,43). The van der Waals surface area contributed by atoms with Gasteiger partial charge in [-0.3, -0.25) is 4.79 Å². The number of aromatic hydroxyl groups is 1. The van der Waals surface area contributed by atoms with Gasteiger partial charge in [0, 0.05) is 29.4 Å².